The number of anilines is 1. The number of hydrogen-bond donors (Lipinski definition) is 1. The number of ether oxygens (including phenoxy) is 1. The van der Waals surface area contributed by atoms with Crippen molar-refractivity contribution in [2.75, 3.05) is 25.1 Å². The molecule has 0 aliphatic carbocycles. The van der Waals surface area contributed by atoms with Crippen molar-refractivity contribution >= 4 is 16.7 Å². The van der Waals surface area contributed by atoms with Crippen molar-refractivity contribution in [3.63, 3.8) is 0 Å². The zero-order chi connectivity index (χ0) is 20.1. The molecule has 2 unspecified atom stereocenters. The van der Waals surface area contributed by atoms with Gasteiger partial charge in [0.1, 0.15) is 23.1 Å². The highest BCUT2D eigenvalue weighted by molar-refractivity contribution is 5.87. The normalized spacial score (nSPS) is 19.7. The van der Waals surface area contributed by atoms with Gasteiger partial charge in [-0.05, 0) is 12.1 Å². The van der Waals surface area contributed by atoms with Gasteiger partial charge in [0.05, 0.1) is 30.5 Å². The molecule has 1 fully saturated rings. The molecule has 146 valence electrons. The summed E-state index contributed by atoms with van der Waals surface area (Å²) < 4.78 is 7.61. The van der Waals surface area contributed by atoms with Crippen LogP contribution in [0, 0.1) is 17.2 Å². The molecule has 6 heteroatoms. The summed E-state index contributed by atoms with van der Waals surface area (Å²) in [4.78, 5) is 4.87. The van der Waals surface area contributed by atoms with E-state index in [1.165, 1.54) is 0 Å². The Morgan fingerprint density at radius 1 is 1.03 bits per heavy atom. The molecule has 0 amide bonds. The zero-order valence-corrected chi connectivity index (χ0v) is 16.2. The molecule has 0 radical (unpaired) electrons. The van der Waals surface area contributed by atoms with Crippen LogP contribution in [0.5, 0.6) is 0 Å². The minimum atomic E-state index is 0.186. The first-order chi connectivity index (χ1) is 14.8. The number of nitrogens with one attached hydrogen (secondary N) is 1. The Morgan fingerprint density at radius 2 is 1.90 bits per heavy atom. The molecule has 2 atom stereocenters. The lowest BCUT2D eigenvalue weighted by atomic mass is 10.0. The average molecular weight is 393 g/mol. The first kappa shape index (κ1) is 17.2. The van der Waals surface area contributed by atoms with E-state index in [9.17, 15) is 5.26 Å². The van der Waals surface area contributed by atoms with Crippen LogP contribution in [0.3, 0.4) is 0 Å². The predicted octanol–water partition coefficient (Wildman–Crippen LogP) is 4.25. The van der Waals surface area contributed by atoms with Crippen molar-refractivity contribution in [3.05, 3.63) is 66.2 Å². The van der Waals surface area contributed by atoms with E-state index in [1.54, 1.807) is 0 Å². The van der Waals surface area contributed by atoms with E-state index in [0.29, 0.717) is 23.8 Å². The van der Waals surface area contributed by atoms with Crippen LogP contribution in [0.15, 0.2) is 60.7 Å². The van der Waals surface area contributed by atoms with Crippen molar-refractivity contribution in [3.8, 4) is 28.6 Å². The van der Waals surface area contributed by atoms with E-state index in [1.807, 2.05) is 47.1 Å². The average Bonchev–Trinajstić information content (AvgIpc) is 3.43. The van der Waals surface area contributed by atoms with Crippen molar-refractivity contribution in [1.82, 2.24) is 14.8 Å². The fourth-order valence-electron chi connectivity index (χ4n) is 4.47. The van der Waals surface area contributed by atoms with Gasteiger partial charge in [-0.15, -0.1) is 0 Å². The lowest BCUT2D eigenvalue weighted by molar-refractivity contribution is 0.181. The quantitative estimate of drug-likeness (QED) is 0.551. The van der Waals surface area contributed by atoms with E-state index in [-0.39, 0.29) is 6.04 Å². The molecule has 4 aromatic rings. The standard InChI is InChI=1S/C24H19N5O/c25-11-19-23(28-29-22-14-30-13-18(22)12-26-24(19)29)17-7-6-16-8-9-20(27-21(16)10-17)15-4-2-1-3-5-15/h1-10,18,22,26H,12-14H2. The van der Waals surface area contributed by atoms with Gasteiger partial charge >= 0.3 is 0 Å². The zero-order valence-electron chi connectivity index (χ0n) is 16.2. The maximum atomic E-state index is 9.88. The van der Waals surface area contributed by atoms with Crippen LogP contribution in [-0.4, -0.2) is 34.5 Å². The Bertz CT molecular complexity index is 1300. The number of fused-ring (bicyclic) bond motifs is 4. The second-order valence-corrected chi connectivity index (χ2v) is 7.84. The SMILES string of the molecule is N#Cc1c(-c2ccc3ccc(-c4ccccc4)nc3c2)nn2c1NCC1COCC12. The monoisotopic (exact) mass is 393 g/mol. The van der Waals surface area contributed by atoms with Crippen molar-refractivity contribution in [2.45, 2.75) is 6.04 Å². The first-order valence-electron chi connectivity index (χ1n) is 10.1. The lowest BCUT2D eigenvalue weighted by Crippen LogP contribution is -2.32. The maximum absolute atomic E-state index is 9.88. The topological polar surface area (TPSA) is 75.8 Å². The third-order valence-corrected chi connectivity index (χ3v) is 6.07. The number of nitriles is 1. The molecule has 2 aromatic carbocycles. The Hall–Kier alpha value is -3.69. The van der Waals surface area contributed by atoms with Crippen LogP contribution in [0.1, 0.15) is 11.6 Å². The predicted molar refractivity (Wildman–Crippen MR) is 115 cm³/mol. The highest BCUT2D eigenvalue weighted by Gasteiger charge is 2.37. The van der Waals surface area contributed by atoms with Gasteiger partial charge in [-0.1, -0.05) is 48.5 Å². The largest absolute Gasteiger partial charge is 0.379 e. The summed E-state index contributed by atoms with van der Waals surface area (Å²) in [5, 5.41) is 19.2. The number of pyridine rings is 1. The van der Waals surface area contributed by atoms with Crippen LogP contribution in [0.25, 0.3) is 33.4 Å². The molecule has 1 saturated heterocycles. The smallest absolute Gasteiger partial charge is 0.143 e. The first-order valence-corrected chi connectivity index (χ1v) is 10.1. The third kappa shape index (κ3) is 2.60. The van der Waals surface area contributed by atoms with E-state index in [0.717, 1.165) is 46.7 Å². The number of hydrogen-bond acceptors (Lipinski definition) is 5. The van der Waals surface area contributed by atoms with E-state index in [4.69, 9.17) is 14.8 Å². The maximum Gasteiger partial charge on any atom is 0.143 e. The Balaban J connectivity index is 1.48. The molecule has 30 heavy (non-hydrogen) atoms. The molecule has 4 heterocycles. The molecule has 2 aliphatic heterocycles. The van der Waals surface area contributed by atoms with Crippen molar-refractivity contribution in [2.24, 2.45) is 5.92 Å². The number of aromatic nitrogens is 3. The summed E-state index contributed by atoms with van der Waals surface area (Å²) in [5.41, 5.74) is 5.07. The van der Waals surface area contributed by atoms with Gasteiger partial charge in [-0.25, -0.2) is 9.67 Å². The molecule has 2 aliphatic rings. The van der Waals surface area contributed by atoms with E-state index in [2.05, 4.69) is 29.6 Å². The molecular formula is C24H19N5O. The second kappa shape index (κ2) is 6.68. The van der Waals surface area contributed by atoms with E-state index >= 15 is 0 Å². The van der Waals surface area contributed by atoms with Crippen molar-refractivity contribution in [1.29, 1.82) is 5.26 Å². The minimum absolute atomic E-state index is 0.186. The molecule has 0 bridgehead atoms. The van der Waals surface area contributed by atoms with Crippen molar-refractivity contribution < 1.29 is 4.74 Å². The molecular weight excluding hydrogens is 374 g/mol. The fourth-order valence-corrected chi connectivity index (χ4v) is 4.47. The fraction of sp³-hybridized carbons (Fsp3) is 0.208. The van der Waals surface area contributed by atoms with E-state index < -0.39 is 0 Å². The van der Waals surface area contributed by atoms with Gasteiger partial charge in [0.2, 0.25) is 0 Å². The summed E-state index contributed by atoms with van der Waals surface area (Å²) in [6, 6.07) is 22.9. The molecule has 0 saturated carbocycles. The van der Waals surface area contributed by atoms with Crippen LogP contribution in [0.2, 0.25) is 0 Å². The minimum Gasteiger partial charge on any atom is -0.379 e. The second-order valence-electron chi connectivity index (χ2n) is 7.84. The highest BCUT2D eigenvalue weighted by Crippen LogP contribution is 2.38. The van der Waals surface area contributed by atoms with Gasteiger partial charge in [-0.3, -0.25) is 0 Å². The number of benzene rings is 2. The summed E-state index contributed by atoms with van der Waals surface area (Å²) in [5.74, 6) is 1.19. The Labute approximate surface area is 173 Å². The van der Waals surface area contributed by atoms with Crippen LogP contribution in [0.4, 0.5) is 5.82 Å². The summed E-state index contributed by atoms with van der Waals surface area (Å²) in [6.07, 6.45) is 0. The van der Waals surface area contributed by atoms with Gasteiger partial charge in [0.25, 0.3) is 0 Å². The molecule has 0 spiro atoms. The highest BCUT2D eigenvalue weighted by atomic mass is 16.5. The molecule has 6 nitrogen and oxygen atoms in total. The van der Waals surface area contributed by atoms with Gasteiger partial charge in [0.15, 0.2) is 0 Å². The molecule has 2 aromatic heterocycles. The Kier molecular flexibility index (Phi) is 3.83. The number of nitrogens with zero attached hydrogens (tertiary/aromatic N) is 4. The summed E-state index contributed by atoms with van der Waals surface area (Å²) in [6.45, 7) is 2.19. The number of rotatable bonds is 2. The van der Waals surface area contributed by atoms with Crippen LogP contribution >= 0.6 is 0 Å². The van der Waals surface area contributed by atoms with Crippen LogP contribution < -0.4 is 5.32 Å². The van der Waals surface area contributed by atoms with Gasteiger partial charge < -0.3 is 10.1 Å². The van der Waals surface area contributed by atoms with Crippen LogP contribution in [-0.2, 0) is 4.74 Å². The van der Waals surface area contributed by atoms with Gasteiger partial charge in [-0.2, -0.15) is 10.4 Å². The molecule has 1 N–H and O–H groups in total. The van der Waals surface area contributed by atoms with Gasteiger partial charge in [0, 0.05) is 29.0 Å². The molecule has 6 rings (SSSR count). The Morgan fingerprint density at radius 3 is 2.77 bits per heavy atom. The third-order valence-electron chi connectivity index (χ3n) is 6.07. The lowest BCUT2D eigenvalue weighted by Gasteiger charge is -2.26. The summed E-state index contributed by atoms with van der Waals surface area (Å²) >= 11 is 0. The summed E-state index contributed by atoms with van der Waals surface area (Å²) in [7, 11) is 0.